The molecule has 0 radical (unpaired) electrons. The van der Waals surface area contributed by atoms with Gasteiger partial charge in [0.25, 0.3) is 0 Å². The fourth-order valence-electron chi connectivity index (χ4n) is 2.31. The van der Waals surface area contributed by atoms with Crippen LogP contribution in [0.15, 0.2) is 12.3 Å². The Morgan fingerprint density at radius 1 is 1.14 bits per heavy atom. The van der Waals surface area contributed by atoms with E-state index in [9.17, 15) is 0 Å². The molecule has 1 rings (SSSR count). The van der Waals surface area contributed by atoms with Gasteiger partial charge in [-0.15, -0.1) is 0 Å². The van der Waals surface area contributed by atoms with E-state index >= 15 is 0 Å². The van der Waals surface area contributed by atoms with E-state index in [1.165, 1.54) is 0 Å². The number of hydrogen-bond donors (Lipinski definition) is 0. The van der Waals surface area contributed by atoms with Crippen LogP contribution < -0.4 is 0 Å². The molecule has 1 aliphatic rings. The first kappa shape index (κ1) is 19.9. The van der Waals surface area contributed by atoms with Crippen molar-refractivity contribution in [1.82, 2.24) is 0 Å². The Morgan fingerprint density at radius 3 is 2.09 bits per heavy atom. The van der Waals surface area contributed by atoms with E-state index in [2.05, 4.69) is 73.8 Å². The molecule has 130 valence electrons. The van der Waals surface area contributed by atoms with Crippen LogP contribution in [0.25, 0.3) is 0 Å². The first-order valence-corrected chi connectivity index (χ1v) is 14.1. The summed E-state index contributed by atoms with van der Waals surface area (Å²) < 4.78 is 18.9. The zero-order valence-corrected chi connectivity index (χ0v) is 18.4. The summed E-state index contributed by atoms with van der Waals surface area (Å²) >= 11 is 0. The smallest absolute Gasteiger partial charge is 0.193 e. The van der Waals surface area contributed by atoms with Gasteiger partial charge in [-0.3, -0.25) is 0 Å². The lowest BCUT2D eigenvalue weighted by molar-refractivity contribution is -0.130. The van der Waals surface area contributed by atoms with Crippen molar-refractivity contribution in [3.63, 3.8) is 0 Å². The summed E-state index contributed by atoms with van der Waals surface area (Å²) in [7, 11) is -2.98. The molecule has 0 unspecified atom stereocenters. The van der Waals surface area contributed by atoms with Gasteiger partial charge in [0.2, 0.25) is 0 Å². The molecule has 0 aromatic heterocycles. The molecular formula is C17H36O3Si2. The lowest BCUT2D eigenvalue weighted by Gasteiger charge is -2.48. The van der Waals surface area contributed by atoms with E-state index < -0.39 is 23.0 Å². The highest BCUT2D eigenvalue weighted by atomic mass is 28.4. The number of hydrogen-bond acceptors (Lipinski definition) is 3. The monoisotopic (exact) mass is 344 g/mol. The maximum Gasteiger partial charge on any atom is 0.193 e. The lowest BCUT2D eigenvalue weighted by atomic mass is 9.74. The maximum atomic E-state index is 6.70. The molecule has 3 nitrogen and oxygen atoms in total. The van der Waals surface area contributed by atoms with Gasteiger partial charge >= 0.3 is 0 Å². The summed E-state index contributed by atoms with van der Waals surface area (Å²) in [4.78, 5) is 0. The van der Waals surface area contributed by atoms with Crippen molar-refractivity contribution in [2.75, 3.05) is 6.61 Å². The van der Waals surface area contributed by atoms with Gasteiger partial charge in [-0.25, -0.2) is 0 Å². The standard InChI is InChI=1S/C17H36O3Si2/c1-15(2,3)17(13-19-21(7)8)14(11-12-18-17)20-22(9,10)16(4,5)6/h11-12,14,21H,13H2,1-10H3/t14-,17+/m0/s1. The highest BCUT2D eigenvalue weighted by Gasteiger charge is 2.55. The molecule has 0 fully saturated rings. The number of rotatable bonds is 5. The molecule has 0 aliphatic carbocycles. The molecule has 0 spiro atoms. The van der Waals surface area contributed by atoms with Crippen LogP contribution in [0.3, 0.4) is 0 Å². The first-order valence-electron chi connectivity index (χ1n) is 8.37. The second-order valence-electron chi connectivity index (χ2n) is 9.24. The van der Waals surface area contributed by atoms with Crippen LogP contribution in [-0.4, -0.2) is 35.7 Å². The van der Waals surface area contributed by atoms with Gasteiger partial charge in [-0.1, -0.05) is 41.5 Å². The molecule has 0 saturated heterocycles. The highest BCUT2D eigenvalue weighted by molar-refractivity contribution is 6.74. The molecule has 22 heavy (non-hydrogen) atoms. The minimum absolute atomic E-state index is 0.0406. The zero-order valence-electron chi connectivity index (χ0n) is 16.2. The fourth-order valence-corrected chi connectivity index (χ4v) is 4.15. The van der Waals surface area contributed by atoms with Crippen LogP contribution in [0.2, 0.25) is 31.2 Å². The lowest BCUT2D eigenvalue weighted by Crippen LogP contribution is -2.59. The second kappa shape index (κ2) is 6.42. The van der Waals surface area contributed by atoms with Crippen molar-refractivity contribution in [3.8, 4) is 0 Å². The molecule has 0 amide bonds. The van der Waals surface area contributed by atoms with E-state index in [0.717, 1.165) is 0 Å². The van der Waals surface area contributed by atoms with Gasteiger partial charge in [0.1, 0.15) is 6.10 Å². The van der Waals surface area contributed by atoms with Gasteiger partial charge < -0.3 is 13.6 Å². The van der Waals surface area contributed by atoms with Crippen LogP contribution >= 0.6 is 0 Å². The first-order chi connectivity index (χ1) is 9.73. The Bertz CT molecular complexity index is 405. The van der Waals surface area contributed by atoms with Crippen LogP contribution in [0, 0.1) is 5.41 Å². The minimum Gasteiger partial charge on any atom is -0.489 e. The van der Waals surface area contributed by atoms with Gasteiger partial charge in [0.05, 0.1) is 12.9 Å². The number of ether oxygens (including phenoxy) is 1. The van der Waals surface area contributed by atoms with E-state index in [0.29, 0.717) is 6.61 Å². The third kappa shape index (κ3) is 4.05. The van der Waals surface area contributed by atoms with Crippen molar-refractivity contribution in [3.05, 3.63) is 12.3 Å². The van der Waals surface area contributed by atoms with Crippen LogP contribution in [0.4, 0.5) is 0 Å². The van der Waals surface area contributed by atoms with Crippen molar-refractivity contribution in [2.24, 2.45) is 5.41 Å². The molecule has 0 aromatic rings. The molecule has 1 heterocycles. The molecule has 1 aliphatic heterocycles. The molecule has 0 N–H and O–H groups in total. The topological polar surface area (TPSA) is 27.7 Å². The fraction of sp³-hybridized carbons (Fsp3) is 0.882. The summed E-state index contributed by atoms with van der Waals surface area (Å²) in [6.07, 6.45) is 3.85. The van der Waals surface area contributed by atoms with Crippen LogP contribution in [-0.2, 0) is 13.6 Å². The molecular weight excluding hydrogens is 308 g/mol. The van der Waals surface area contributed by atoms with Crippen molar-refractivity contribution < 1.29 is 13.6 Å². The van der Waals surface area contributed by atoms with Crippen molar-refractivity contribution >= 4 is 17.4 Å². The third-order valence-electron chi connectivity index (χ3n) is 5.12. The Labute approximate surface area is 140 Å². The van der Waals surface area contributed by atoms with E-state index in [1.54, 1.807) is 0 Å². The van der Waals surface area contributed by atoms with Crippen molar-refractivity contribution in [2.45, 2.75) is 84.5 Å². The Kier molecular flexibility index (Phi) is 5.82. The zero-order chi connectivity index (χ0) is 17.4. The SMILES string of the molecule is C[SiH](C)OC[C@@]1(C(C)(C)C)OC=C[C@@H]1O[Si](C)(C)C(C)(C)C. The summed E-state index contributed by atoms with van der Waals surface area (Å²) in [6, 6.07) is 0. The summed E-state index contributed by atoms with van der Waals surface area (Å²) in [5.74, 6) is 0. The van der Waals surface area contributed by atoms with Gasteiger partial charge in [0, 0.05) is 5.41 Å². The third-order valence-corrected chi connectivity index (χ3v) is 10.4. The van der Waals surface area contributed by atoms with Crippen molar-refractivity contribution in [1.29, 1.82) is 0 Å². The molecule has 5 heteroatoms. The predicted octanol–water partition coefficient (Wildman–Crippen LogP) is 4.71. The largest absolute Gasteiger partial charge is 0.489 e. The van der Waals surface area contributed by atoms with E-state index in [-0.39, 0.29) is 16.6 Å². The van der Waals surface area contributed by atoms with E-state index in [1.807, 2.05) is 6.26 Å². The molecule has 0 saturated carbocycles. The highest BCUT2D eigenvalue weighted by Crippen LogP contribution is 2.46. The van der Waals surface area contributed by atoms with Crippen LogP contribution in [0.5, 0.6) is 0 Å². The maximum absolute atomic E-state index is 6.70. The minimum atomic E-state index is -1.87. The Balaban J connectivity index is 3.07. The summed E-state index contributed by atoms with van der Waals surface area (Å²) in [5.41, 5.74) is -0.493. The van der Waals surface area contributed by atoms with Gasteiger partial charge in [0.15, 0.2) is 23.0 Å². The average molecular weight is 345 g/mol. The normalized spacial score (nSPS) is 26.6. The molecule has 0 bridgehead atoms. The van der Waals surface area contributed by atoms with Gasteiger partial charge in [-0.2, -0.15) is 0 Å². The van der Waals surface area contributed by atoms with Crippen LogP contribution in [0.1, 0.15) is 41.5 Å². The summed E-state index contributed by atoms with van der Waals surface area (Å²) in [5, 5.41) is 0.181. The predicted molar refractivity (Wildman–Crippen MR) is 99.3 cm³/mol. The Morgan fingerprint density at radius 2 is 1.68 bits per heavy atom. The second-order valence-corrected chi connectivity index (χ2v) is 16.4. The summed E-state index contributed by atoms with van der Waals surface area (Å²) in [6.45, 7) is 23.1. The van der Waals surface area contributed by atoms with Gasteiger partial charge in [-0.05, 0) is 37.3 Å². The van der Waals surface area contributed by atoms with E-state index in [4.69, 9.17) is 13.6 Å². The Hall–Kier alpha value is -0.106. The average Bonchev–Trinajstić information content (AvgIpc) is 2.67. The molecule has 0 aromatic carbocycles. The quantitative estimate of drug-likeness (QED) is 0.676. The molecule has 2 atom stereocenters.